The van der Waals surface area contributed by atoms with Gasteiger partial charge in [0.25, 0.3) is 0 Å². The lowest BCUT2D eigenvalue weighted by Gasteiger charge is -2.22. The molecular formula is C45H29N3. The molecule has 3 nitrogen and oxygen atoms in total. The van der Waals surface area contributed by atoms with Crippen LogP contribution in [0, 0.1) is 0 Å². The molecule has 0 atom stereocenters. The Hall–Kier alpha value is -6.06. The van der Waals surface area contributed by atoms with Crippen LogP contribution in [-0.2, 0) is 5.41 Å². The Labute approximate surface area is 277 Å². The molecule has 2 heterocycles. The quantitative estimate of drug-likeness (QED) is 0.195. The molecule has 0 spiro atoms. The summed E-state index contributed by atoms with van der Waals surface area (Å²) in [5, 5.41) is 5.10. The van der Waals surface area contributed by atoms with Crippen molar-refractivity contribution in [2.24, 2.45) is 0 Å². The molecule has 2 aliphatic carbocycles. The van der Waals surface area contributed by atoms with E-state index in [1.807, 2.05) is 0 Å². The molecule has 0 saturated carbocycles. The zero-order chi connectivity index (χ0) is 31.7. The van der Waals surface area contributed by atoms with Crippen molar-refractivity contribution in [2.75, 3.05) is 0 Å². The second-order valence-electron chi connectivity index (χ2n) is 13.7. The minimum atomic E-state index is -0.117. The van der Waals surface area contributed by atoms with Gasteiger partial charge in [-0.3, -0.25) is 4.57 Å². The maximum atomic E-state index is 5.50. The van der Waals surface area contributed by atoms with Crippen molar-refractivity contribution in [3.63, 3.8) is 0 Å². The highest BCUT2D eigenvalue weighted by Crippen LogP contribution is 2.53. The molecule has 2 aromatic heterocycles. The molecule has 0 unspecified atom stereocenters. The van der Waals surface area contributed by atoms with Crippen LogP contribution in [0.4, 0.5) is 0 Å². The summed E-state index contributed by atoms with van der Waals surface area (Å²) in [7, 11) is 0. The van der Waals surface area contributed by atoms with Crippen LogP contribution in [-0.4, -0.2) is 14.5 Å². The number of aromatic nitrogens is 3. The van der Waals surface area contributed by atoms with E-state index in [0.717, 1.165) is 39.1 Å². The van der Waals surface area contributed by atoms with Crippen LogP contribution in [0.1, 0.15) is 25.0 Å². The third kappa shape index (κ3) is 3.18. The summed E-state index contributed by atoms with van der Waals surface area (Å²) in [5.74, 6) is 0.852. The first-order chi connectivity index (χ1) is 23.6. The molecule has 0 fully saturated rings. The highest BCUT2D eigenvalue weighted by molar-refractivity contribution is 6.27. The van der Waals surface area contributed by atoms with Crippen molar-refractivity contribution in [1.29, 1.82) is 0 Å². The van der Waals surface area contributed by atoms with E-state index in [0.29, 0.717) is 0 Å². The first kappa shape index (κ1) is 26.1. The van der Waals surface area contributed by atoms with Gasteiger partial charge in [0, 0.05) is 21.8 Å². The Morgan fingerprint density at radius 2 is 0.938 bits per heavy atom. The molecule has 0 N–H and O–H groups in total. The van der Waals surface area contributed by atoms with Crippen LogP contribution < -0.4 is 0 Å². The van der Waals surface area contributed by atoms with Crippen LogP contribution in [0.5, 0.6) is 0 Å². The van der Waals surface area contributed by atoms with Crippen LogP contribution in [0.2, 0.25) is 0 Å². The van der Waals surface area contributed by atoms with Gasteiger partial charge in [-0.2, -0.15) is 0 Å². The van der Waals surface area contributed by atoms with Gasteiger partial charge in [-0.1, -0.05) is 129 Å². The molecule has 0 amide bonds. The Balaban J connectivity index is 1.31. The van der Waals surface area contributed by atoms with E-state index in [9.17, 15) is 0 Å². The molecule has 9 aromatic rings. The Morgan fingerprint density at radius 1 is 0.438 bits per heavy atom. The van der Waals surface area contributed by atoms with E-state index < -0.39 is 0 Å². The van der Waals surface area contributed by atoms with Gasteiger partial charge in [0.2, 0.25) is 0 Å². The molecule has 0 bridgehead atoms. The predicted octanol–water partition coefficient (Wildman–Crippen LogP) is 11.5. The average molecular weight is 612 g/mol. The van der Waals surface area contributed by atoms with E-state index in [-0.39, 0.29) is 5.41 Å². The predicted molar refractivity (Wildman–Crippen MR) is 199 cm³/mol. The minimum absolute atomic E-state index is 0.117. The standard InChI is InChI=1S/C45H29N3/c1-45(2)33-20-4-3-14-31(33)40-32(19-9-21-34(40)45)43-44(47-36-23-6-5-22-35(36)46-43)48-37-24-10-17-29-27-15-7-12-26-13-8-16-28(39(26)27)30-18-11-25-38(48)42(30)41(29)37/h3-25H,1-2H3. The number of benzene rings is 7. The highest BCUT2D eigenvalue weighted by Gasteiger charge is 2.37. The zero-order valence-corrected chi connectivity index (χ0v) is 26.6. The summed E-state index contributed by atoms with van der Waals surface area (Å²) in [5.41, 5.74) is 16.2. The molecule has 2 aliphatic rings. The fraction of sp³-hybridized carbons (Fsp3) is 0.0667. The van der Waals surface area contributed by atoms with Crippen molar-refractivity contribution in [3.8, 4) is 50.5 Å². The summed E-state index contributed by atoms with van der Waals surface area (Å²) in [4.78, 5) is 11.0. The molecule has 11 rings (SSSR count). The van der Waals surface area contributed by atoms with Gasteiger partial charge >= 0.3 is 0 Å². The van der Waals surface area contributed by atoms with Gasteiger partial charge in [0.1, 0.15) is 5.69 Å². The molecular weight excluding hydrogens is 583 g/mol. The number of hydrogen-bond donors (Lipinski definition) is 0. The molecule has 0 aliphatic heterocycles. The summed E-state index contributed by atoms with van der Waals surface area (Å²) >= 11 is 0. The third-order valence-corrected chi connectivity index (χ3v) is 10.9. The molecule has 0 saturated heterocycles. The Morgan fingerprint density at radius 3 is 1.62 bits per heavy atom. The van der Waals surface area contributed by atoms with Gasteiger partial charge in [0.05, 0.1) is 22.1 Å². The minimum Gasteiger partial charge on any atom is -0.292 e. The first-order valence-electron chi connectivity index (χ1n) is 16.7. The molecule has 224 valence electrons. The van der Waals surface area contributed by atoms with Crippen molar-refractivity contribution in [1.82, 2.24) is 14.5 Å². The fourth-order valence-electron chi connectivity index (χ4n) is 8.85. The lowest BCUT2D eigenvalue weighted by molar-refractivity contribution is 0.660. The maximum Gasteiger partial charge on any atom is 0.165 e. The average Bonchev–Trinajstić information content (AvgIpc) is 3.54. The topological polar surface area (TPSA) is 30.7 Å². The molecule has 0 radical (unpaired) electrons. The van der Waals surface area contributed by atoms with Gasteiger partial charge in [-0.25, -0.2) is 9.97 Å². The second-order valence-corrected chi connectivity index (χ2v) is 13.7. The summed E-state index contributed by atoms with van der Waals surface area (Å²) in [6, 6.07) is 50.7. The van der Waals surface area contributed by atoms with Crippen molar-refractivity contribution < 1.29 is 0 Å². The fourth-order valence-corrected chi connectivity index (χ4v) is 8.85. The van der Waals surface area contributed by atoms with Crippen LogP contribution in [0.15, 0.2) is 140 Å². The normalized spacial score (nSPS) is 13.8. The van der Waals surface area contributed by atoms with E-state index >= 15 is 0 Å². The zero-order valence-electron chi connectivity index (χ0n) is 26.6. The first-order valence-corrected chi connectivity index (χ1v) is 16.7. The van der Waals surface area contributed by atoms with Gasteiger partial charge in [-0.05, 0) is 79.5 Å². The van der Waals surface area contributed by atoms with Crippen molar-refractivity contribution >= 4 is 43.6 Å². The van der Waals surface area contributed by atoms with Crippen LogP contribution in [0.25, 0.3) is 94.1 Å². The van der Waals surface area contributed by atoms with Gasteiger partial charge < -0.3 is 0 Å². The van der Waals surface area contributed by atoms with E-state index in [1.54, 1.807) is 0 Å². The van der Waals surface area contributed by atoms with Crippen LogP contribution >= 0.6 is 0 Å². The number of nitrogens with zero attached hydrogens (tertiary/aromatic N) is 3. The summed E-state index contributed by atoms with van der Waals surface area (Å²) < 4.78 is 2.38. The number of hydrogen-bond acceptors (Lipinski definition) is 2. The molecule has 7 aromatic carbocycles. The highest BCUT2D eigenvalue weighted by atomic mass is 15.1. The van der Waals surface area contributed by atoms with E-state index in [2.05, 4.69) is 158 Å². The Bertz CT molecular complexity index is 2770. The Kier molecular flexibility index (Phi) is 4.91. The molecule has 48 heavy (non-hydrogen) atoms. The molecule has 3 heteroatoms. The van der Waals surface area contributed by atoms with E-state index in [4.69, 9.17) is 9.97 Å². The van der Waals surface area contributed by atoms with Gasteiger partial charge in [-0.15, -0.1) is 0 Å². The maximum absolute atomic E-state index is 5.50. The monoisotopic (exact) mass is 611 g/mol. The van der Waals surface area contributed by atoms with E-state index in [1.165, 1.54) is 66.1 Å². The van der Waals surface area contributed by atoms with Gasteiger partial charge in [0.15, 0.2) is 5.82 Å². The smallest absolute Gasteiger partial charge is 0.165 e. The number of rotatable bonds is 2. The SMILES string of the molecule is CC1(C)c2ccccc2-c2c(-c3nc4ccccc4nc3-n3c4cccc5c4c4c(cccc43)-c3cccc4cccc-5c34)cccc21. The van der Waals surface area contributed by atoms with Crippen LogP contribution in [0.3, 0.4) is 0 Å². The largest absolute Gasteiger partial charge is 0.292 e. The van der Waals surface area contributed by atoms with Crippen molar-refractivity contribution in [3.05, 3.63) is 151 Å². The second kappa shape index (κ2) is 9.05. The number of para-hydroxylation sites is 2. The lowest BCUT2D eigenvalue weighted by Crippen LogP contribution is -2.14. The lowest BCUT2D eigenvalue weighted by atomic mass is 9.82. The van der Waals surface area contributed by atoms with Crippen molar-refractivity contribution in [2.45, 2.75) is 19.3 Å². The summed E-state index contributed by atoms with van der Waals surface area (Å²) in [6.45, 7) is 4.67. The third-order valence-electron chi connectivity index (χ3n) is 10.9. The summed E-state index contributed by atoms with van der Waals surface area (Å²) in [6.07, 6.45) is 0. The number of fused-ring (bicyclic) bond motifs is 6.